The molecule has 1 N–H and O–H groups in total. The topological polar surface area (TPSA) is 58.6 Å². The van der Waals surface area contributed by atoms with Gasteiger partial charge in [0.2, 0.25) is 0 Å². The zero-order valence-electron chi connectivity index (χ0n) is 8.88. The first-order chi connectivity index (χ1) is 7.77. The Morgan fingerprint density at radius 2 is 1.65 bits per heavy atom. The molecular formula is C11H11ClN2O3. The number of halogens is 1. The normalized spacial score (nSPS) is 18.7. The van der Waals surface area contributed by atoms with Gasteiger partial charge in [-0.2, -0.15) is 0 Å². The summed E-state index contributed by atoms with van der Waals surface area (Å²) in [6.07, 6.45) is -0.0813. The molecule has 0 radical (unpaired) electrons. The average Bonchev–Trinajstić information content (AvgIpc) is 2.48. The molecule has 0 aliphatic carbocycles. The van der Waals surface area contributed by atoms with Crippen molar-refractivity contribution in [1.29, 1.82) is 0 Å². The first-order valence-corrected chi connectivity index (χ1v) is 5.12. The Morgan fingerprint density at radius 3 is 2.06 bits per heavy atom. The number of hydrogen-bond donors (Lipinski definition) is 1. The maximum absolute atomic E-state index is 11.8. The number of fused-ring (bicyclic) bond motifs is 1. The third-order valence-electron chi connectivity index (χ3n) is 2.76. The van der Waals surface area contributed by atoms with Crippen molar-refractivity contribution >= 4 is 24.2 Å². The second-order valence-electron chi connectivity index (χ2n) is 3.84. The van der Waals surface area contributed by atoms with Crippen LogP contribution in [0.5, 0.6) is 0 Å². The second-order valence-corrected chi connectivity index (χ2v) is 3.84. The monoisotopic (exact) mass is 254 g/mol. The summed E-state index contributed by atoms with van der Waals surface area (Å²) in [4.78, 5) is 29.0. The fraction of sp³-hybridized carbons (Fsp3) is 0.273. The highest BCUT2D eigenvalue weighted by Gasteiger charge is 2.38. The lowest BCUT2D eigenvalue weighted by Crippen LogP contribution is -2.52. The van der Waals surface area contributed by atoms with Crippen LogP contribution < -0.4 is 5.32 Å². The molecule has 2 heterocycles. The minimum Gasteiger partial charge on any atom is -0.311 e. The number of imide groups is 1. The molecule has 0 atom stereocenters. The number of carbonyl (C=O) groups is 2. The molecule has 1 saturated heterocycles. The van der Waals surface area contributed by atoms with Gasteiger partial charge in [0, 0.05) is 13.1 Å². The molecule has 3 rings (SSSR count). The molecule has 6 heteroatoms. The summed E-state index contributed by atoms with van der Waals surface area (Å²) in [5.74, 6) is -0.736. The summed E-state index contributed by atoms with van der Waals surface area (Å²) in [6, 6.07) is 6.74. The van der Waals surface area contributed by atoms with E-state index in [2.05, 4.69) is 5.32 Å². The molecule has 0 bridgehead atoms. The van der Waals surface area contributed by atoms with Crippen LogP contribution in [0, 0.1) is 0 Å². The maximum Gasteiger partial charge on any atom is 0.285 e. The van der Waals surface area contributed by atoms with Crippen molar-refractivity contribution < 1.29 is 14.4 Å². The highest BCUT2D eigenvalue weighted by Crippen LogP contribution is 2.23. The molecule has 1 aromatic carbocycles. The minimum absolute atomic E-state index is 0. The van der Waals surface area contributed by atoms with Gasteiger partial charge in [0.15, 0.2) is 0 Å². The van der Waals surface area contributed by atoms with Crippen molar-refractivity contribution in [2.24, 2.45) is 0 Å². The zero-order chi connectivity index (χ0) is 11.1. The van der Waals surface area contributed by atoms with Crippen LogP contribution in [0.2, 0.25) is 0 Å². The molecule has 17 heavy (non-hydrogen) atoms. The molecule has 1 fully saturated rings. The van der Waals surface area contributed by atoms with E-state index in [0.29, 0.717) is 24.2 Å². The van der Waals surface area contributed by atoms with Crippen molar-refractivity contribution in [2.75, 3.05) is 13.1 Å². The molecule has 1 aromatic rings. The van der Waals surface area contributed by atoms with E-state index in [4.69, 9.17) is 4.84 Å². The molecule has 0 saturated carbocycles. The fourth-order valence-corrected chi connectivity index (χ4v) is 1.75. The van der Waals surface area contributed by atoms with Crippen molar-refractivity contribution in [3.05, 3.63) is 35.4 Å². The second kappa shape index (κ2) is 4.44. The summed E-state index contributed by atoms with van der Waals surface area (Å²) >= 11 is 0. The van der Waals surface area contributed by atoms with Gasteiger partial charge in [-0.05, 0) is 12.1 Å². The van der Waals surface area contributed by atoms with E-state index >= 15 is 0 Å². The zero-order valence-corrected chi connectivity index (χ0v) is 9.70. The molecule has 2 amide bonds. The third-order valence-corrected chi connectivity index (χ3v) is 2.76. The Kier molecular flexibility index (Phi) is 3.15. The molecule has 0 spiro atoms. The third kappa shape index (κ3) is 1.82. The van der Waals surface area contributed by atoms with Gasteiger partial charge in [0.1, 0.15) is 6.10 Å². The molecule has 0 aromatic heterocycles. The lowest BCUT2D eigenvalue weighted by atomic mass is 10.1. The van der Waals surface area contributed by atoms with E-state index in [9.17, 15) is 9.59 Å². The van der Waals surface area contributed by atoms with Gasteiger partial charge < -0.3 is 5.32 Å². The van der Waals surface area contributed by atoms with Crippen molar-refractivity contribution in [1.82, 2.24) is 10.4 Å². The van der Waals surface area contributed by atoms with Crippen LogP contribution in [-0.2, 0) is 4.84 Å². The average molecular weight is 255 g/mol. The van der Waals surface area contributed by atoms with Crippen LogP contribution in [0.15, 0.2) is 24.3 Å². The van der Waals surface area contributed by atoms with Crippen molar-refractivity contribution in [3.63, 3.8) is 0 Å². The number of carbonyl (C=O) groups excluding carboxylic acids is 2. The highest BCUT2D eigenvalue weighted by atomic mass is 35.5. The summed E-state index contributed by atoms with van der Waals surface area (Å²) in [5, 5.41) is 3.88. The number of nitrogens with zero attached hydrogens (tertiary/aromatic N) is 1. The van der Waals surface area contributed by atoms with E-state index in [1.54, 1.807) is 24.3 Å². The lowest BCUT2D eigenvalue weighted by molar-refractivity contribution is -0.145. The van der Waals surface area contributed by atoms with Crippen molar-refractivity contribution in [3.8, 4) is 0 Å². The SMILES string of the molecule is Cl.O=C1c2ccccc2C(=O)N1OC1CNC1. The van der Waals surface area contributed by atoms with Gasteiger partial charge in [-0.25, -0.2) is 0 Å². The van der Waals surface area contributed by atoms with Crippen molar-refractivity contribution in [2.45, 2.75) is 6.10 Å². The first kappa shape index (κ1) is 12.0. The summed E-state index contributed by atoms with van der Waals surface area (Å²) < 4.78 is 0. The molecule has 2 aliphatic rings. The van der Waals surface area contributed by atoms with Crippen LogP contribution in [0.1, 0.15) is 20.7 Å². The highest BCUT2D eigenvalue weighted by molar-refractivity contribution is 6.20. The van der Waals surface area contributed by atoms with Crippen LogP contribution in [-0.4, -0.2) is 36.1 Å². The van der Waals surface area contributed by atoms with Gasteiger partial charge >= 0.3 is 0 Å². The van der Waals surface area contributed by atoms with E-state index in [-0.39, 0.29) is 30.3 Å². The van der Waals surface area contributed by atoms with E-state index in [1.165, 1.54) is 0 Å². The van der Waals surface area contributed by atoms with Gasteiger partial charge in [0.05, 0.1) is 11.1 Å². The Labute approximate surface area is 104 Å². The Morgan fingerprint density at radius 1 is 1.12 bits per heavy atom. The Hall–Kier alpha value is -1.43. The predicted octanol–water partition coefficient (Wildman–Crippen LogP) is 0.608. The summed E-state index contributed by atoms with van der Waals surface area (Å²) in [6.45, 7) is 1.35. The van der Waals surface area contributed by atoms with E-state index in [0.717, 1.165) is 5.06 Å². The van der Waals surface area contributed by atoms with Gasteiger partial charge in [-0.15, -0.1) is 17.5 Å². The van der Waals surface area contributed by atoms with E-state index < -0.39 is 0 Å². The van der Waals surface area contributed by atoms with Crippen LogP contribution in [0.4, 0.5) is 0 Å². The lowest BCUT2D eigenvalue weighted by Gasteiger charge is -2.29. The number of benzene rings is 1. The smallest absolute Gasteiger partial charge is 0.285 e. The largest absolute Gasteiger partial charge is 0.311 e. The quantitative estimate of drug-likeness (QED) is 0.786. The van der Waals surface area contributed by atoms with Crippen LogP contribution in [0.3, 0.4) is 0 Å². The first-order valence-electron chi connectivity index (χ1n) is 5.12. The standard InChI is InChI=1S/C11H10N2O3.ClH/c14-10-8-3-1-2-4-9(8)11(15)13(10)16-7-5-12-6-7;/h1-4,7,12H,5-6H2;1H. The molecule has 90 valence electrons. The van der Waals surface area contributed by atoms with Crippen LogP contribution >= 0.6 is 12.4 Å². The number of hydrogen-bond acceptors (Lipinski definition) is 4. The number of amides is 2. The molecule has 5 nitrogen and oxygen atoms in total. The predicted molar refractivity (Wildman–Crippen MR) is 61.9 cm³/mol. The van der Waals surface area contributed by atoms with E-state index in [1.807, 2.05) is 0 Å². The Balaban J connectivity index is 0.00000108. The van der Waals surface area contributed by atoms with Crippen LogP contribution in [0.25, 0.3) is 0 Å². The molecular weight excluding hydrogens is 244 g/mol. The van der Waals surface area contributed by atoms with Gasteiger partial charge in [-0.3, -0.25) is 14.4 Å². The maximum atomic E-state index is 11.8. The number of nitrogens with one attached hydrogen (secondary N) is 1. The fourth-order valence-electron chi connectivity index (χ4n) is 1.75. The molecule has 2 aliphatic heterocycles. The summed E-state index contributed by atoms with van der Waals surface area (Å²) in [5.41, 5.74) is 0.833. The van der Waals surface area contributed by atoms with Gasteiger partial charge in [-0.1, -0.05) is 12.1 Å². The molecule has 0 unspecified atom stereocenters. The van der Waals surface area contributed by atoms with Gasteiger partial charge in [0.25, 0.3) is 11.8 Å². The Bertz CT molecular complexity index is 439. The summed E-state index contributed by atoms with van der Waals surface area (Å²) in [7, 11) is 0. The minimum atomic E-state index is -0.368. The number of hydroxylamine groups is 2. The number of rotatable bonds is 2.